The van der Waals surface area contributed by atoms with Crippen molar-refractivity contribution in [3.8, 4) is 0 Å². The van der Waals surface area contributed by atoms with Crippen LogP contribution in [0, 0.1) is 0 Å². The summed E-state index contributed by atoms with van der Waals surface area (Å²) in [5, 5.41) is 8.05. The molecule has 0 aromatic heterocycles. The number of ether oxygens (including phenoxy) is 1. The highest BCUT2D eigenvalue weighted by Crippen LogP contribution is 2.15. The van der Waals surface area contributed by atoms with E-state index >= 15 is 0 Å². The Morgan fingerprint density at radius 1 is 1.00 bits per heavy atom. The molecule has 1 saturated carbocycles. The number of carboxylic acid groups (broad SMARTS) is 1. The van der Waals surface area contributed by atoms with E-state index in [0.717, 1.165) is 0 Å². The summed E-state index contributed by atoms with van der Waals surface area (Å²) < 4.78 is 4.20. The fourth-order valence-electron chi connectivity index (χ4n) is 1.37. The Balaban J connectivity index is 0.000000280. The Kier molecular flexibility index (Phi) is 8.82. The lowest BCUT2D eigenvalue weighted by molar-refractivity contribution is -0.145. The fraction of sp³-hybridized carbons (Fsp3) is 0.818. The maximum absolute atomic E-state index is 10.2. The minimum absolute atomic E-state index is 0.0498. The second-order valence-electron chi connectivity index (χ2n) is 3.59. The van der Waals surface area contributed by atoms with Gasteiger partial charge in [0.1, 0.15) is 0 Å². The van der Waals surface area contributed by atoms with Gasteiger partial charge in [0, 0.05) is 0 Å². The molecule has 0 saturated heterocycles. The number of methoxy groups -OCH3 is 1. The predicted octanol–water partition coefficient (Wildman–Crippen LogP) is 2.36. The first-order valence-electron chi connectivity index (χ1n) is 5.45. The molecule has 0 amide bonds. The van der Waals surface area contributed by atoms with Crippen LogP contribution in [-0.4, -0.2) is 24.2 Å². The van der Waals surface area contributed by atoms with E-state index in [1.165, 1.54) is 45.6 Å². The topological polar surface area (TPSA) is 63.6 Å². The second-order valence-corrected chi connectivity index (χ2v) is 3.59. The molecule has 0 radical (unpaired) electrons. The average molecular weight is 216 g/mol. The predicted molar refractivity (Wildman–Crippen MR) is 56.6 cm³/mol. The monoisotopic (exact) mass is 216 g/mol. The first-order valence-corrected chi connectivity index (χ1v) is 5.45. The number of carboxylic acids is 1. The van der Waals surface area contributed by atoms with Crippen LogP contribution in [0.4, 0.5) is 0 Å². The van der Waals surface area contributed by atoms with Crippen molar-refractivity contribution in [1.82, 2.24) is 0 Å². The maximum Gasteiger partial charge on any atom is 0.306 e. The molecule has 0 heterocycles. The van der Waals surface area contributed by atoms with Gasteiger partial charge in [-0.15, -0.1) is 0 Å². The molecule has 0 bridgehead atoms. The summed E-state index contributed by atoms with van der Waals surface area (Å²) in [4.78, 5) is 20.0. The molecule has 0 atom stereocenters. The average Bonchev–Trinajstić information content (AvgIpc) is 2.29. The normalized spacial score (nSPS) is 14.7. The molecule has 1 N–H and O–H groups in total. The van der Waals surface area contributed by atoms with Crippen LogP contribution in [0.15, 0.2) is 0 Å². The van der Waals surface area contributed by atoms with Crippen molar-refractivity contribution in [3.05, 3.63) is 0 Å². The lowest BCUT2D eigenvalue weighted by atomic mass is 10.0. The molecule has 4 heteroatoms. The molecule has 1 fully saturated rings. The third kappa shape index (κ3) is 10.9. The maximum atomic E-state index is 10.2. The van der Waals surface area contributed by atoms with E-state index in [1.807, 2.05) is 0 Å². The third-order valence-electron chi connectivity index (χ3n) is 2.27. The number of aliphatic carboxylic acids is 1. The Morgan fingerprint density at radius 2 is 1.40 bits per heavy atom. The first-order chi connectivity index (χ1) is 7.16. The van der Waals surface area contributed by atoms with Gasteiger partial charge >= 0.3 is 11.9 Å². The van der Waals surface area contributed by atoms with Crippen LogP contribution in [0.2, 0.25) is 0 Å². The highest BCUT2D eigenvalue weighted by atomic mass is 16.5. The SMILES string of the molecule is C1CCCCC1.COC(=O)CCC(=O)O. The van der Waals surface area contributed by atoms with Gasteiger partial charge in [0.2, 0.25) is 0 Å². The van der Waals surface area contributed by atoms with Crippen LogP contribution in [0.25, 0.3) is 0 Å². The van der Waals surface area contributed by atoms with Crippen molar-refractivity contribution < 1.29 is 19.4 Å². The van der Waals surface area contributed by atoms with Crippen molar-refractivity contribution in [2.75, 3.05) is 7.11 Å². The zero-order valence-corrected chi connectivity index (χ0v) is 9.33. The van der Waals surface area contributed by atoms with Gasteiger partial charge in [0.25, 0.3) is 0 Å². The molecule has 0 aromatic rings. The molecule has 15 heavy (non-hydrogen) atoms. The highest BCUT2D eigenvalue weighted by molar-refractivity contribution is 5.76. The lowest BCUT2D eigenvalue weighted by Crippen LogP contribution is -2.04. The molecule has 1 aliphatic rings. The second kappa shape index (κ2) is 9.49. The van der Waals surface area contributed by atoms with E-state index in [1.54, 1.807) is 0 Å². The third-order valence-corrected chi connectivity index (χ3v) is 2.27. The molecule has 4 nitrogen and oxygen atoms in total. The largest absolute Gasteiger partial charge is 0.481 e. The molecular weight excluding hydrogens is 196 g/mol. The van der Waals surface area contributed by atoms with Crippen molar-refractivity contribution >= 4 is 11.9 Å². The Hall–Kier alpha value is -1.06. The summed E-state index contributed by atoms with van der Waals surface area (Å²) in [7, 11) is 1.23. The van der Waals surface area contributed by atoms with Crippen molar-refractivity contribution in [2.24, 2.45) is 0 Å². The van der Waals surface area contributed by atoms with Crippen LogP contribution in [0.5, 0.6) is 0 Å². The number of carbonyl (C=O) groups excluding carboxylic acids is 1. The summed E-state index contributed by atoms with van der Waals surface area (Å²) >= 11 is 0. The molecule has 88 valence electrons. The molecule has 0 spiro atoms. The Morgan fingerprint density at radius 3 is 1.67 bits per heavy atom. The van der Waals surface area contributed by atoms with E-state index in [0.29, 0.717) is 0 Å². The standard InChI is InChI=1S/C6H12.C5H8O4/c1-2-4-6-5-3-1;1-9-5(8)3-2-4(6)7/h1-6H2;2-3H2,1H3,(H,6,7). The Bertz CT molecular complexity index is 174. The van der Waals surface area contributed by atoms with Crippen LogP contribution >= 0.6 is 0 Å². The van der Waals surface area contributed by atoms with Gasteiger partial charge in [0.05, 0.1) is 20.0 Å². The molecule has 0 aromatic carbocycles. The zero-order chi connectivity index (χ0) is 11.5. The van der Waals surface area contributed by atoms with Gasteiger partial charge in [-0.05, 0) is 0 Å². The van der Waals surface area contributed by atoms with E-state index in [-0.39, 0.29) is 12.8 Å². The summed E-state index contributed by atoms with van der Waals surface area (Å²) in [6.45, 7) is 0. The van der Waals surface area contributed by atoms with Gasteiger partial charge in [-0.1, -0.05) is 38.5 Å². The summed E-state index contributed by atoms with van der Waals surface area (Å²) in [6, 6.07) is 0. The smallest absolute Gasteiger partial charge is 0.306 e. The first kappa shape index (κ1) is 13.9. The van der Waals surface area contributed by atoms with Crippen LogP contribution in [0.1, 0.15) is 51.4 Å². The summed E-state index contributed by atoms with van der Waals surface area (Å²) in [6.07, 6.45) is 8.79. The van der Waals surface area contributed by atoms with Crippen LogP contribution < -0.4 is 0 Å². The Labute approximate surface area is 90.6 Å². The van der Waals surface area contributed by atoms with Gasteiger partial charge < -0.3 is 9.84 Å². The van der Waals surface area contributed by atoms with E-state index in [2.05, 4.69) is 4.74 Å². The lowest BCUT2D eigenvalue weighted by Gasteiger charge is -2.05. The molecular formula is C11H20O4. The number of hydrogen-bond donors (Lipinski definition) is 1. The zero-order valence-electron chi connectivity index (χ0n) is 9.33. The van der Waals surface area contributed by atoms with Crippen LogP contribution in [0.3, 0.4) is 0 Å². The minimum Gasteiger partial charge on any atom is -0.481 e. The van der Waals surface area contributed by atoms with Crippen LogP contribution in [-0.2, 0) is 14.3 Å². The molecule has 0 unspecified atom stereocenters. The van der Waals surface area contributed by atoms with Gasteiger partial charge in [-0.25, -0.2) is 0 Å². The van der Waals surface area contributed by atoms with Gasteiger partial charge in [-0.3, -0.25) is 9.59 Å². The number of hydrogen-bond acceptors (Lipinski definition) is 3. The quantitative estimate of drug-likeness (QED) is 0.735. The van der Waals surface area contributed by atoms with E-state index in [4.69, 9.17) is 5.11 Å². The highest BCUT2D eigenvalue weighted by Gasteiger charge is 2.02. The summed E-state index contributed by atoms with van der Waals surface area (Å²) in [5.74, 6) is -1.47. The van der Waals surface area contributed by atoms with Gasteiger partial charge in [-0.2, -0.15) is 0 Å². The van der Waals surface area contributed by atoms with Crippen molar-refractivity contribution in [1.29, 1.82) is 0 Å². The molecule has 0 aliphatic heterocycles. The van der Waals surface area contributed by atoms with E-state index in [9.17, 15) is 9.59 Å². The van der Waals surface area contributed by atoms with Crippen molar-refractivity contribution in [3.63, 3.8) is 0 Å². The van der Waals surface area contributed by atoms with E-state index < -0.39 is 11.9 Å². The minimum atomic E-state index is -0.986. The van der Waals surface area contributed by atoms with Gasteiger partial charge in [0.15, 0.2) is 0 Å². The number of carbonyl (C=O) groups is 2. The molecule has 1 rings (SSSR count). The molecule has 1 aliphatic carbocycles. The number of rotatable bonds is 3. The van der Waals surface area contributed by atoms with Crippen molar-refractivity contribution in [2.45, 2.75) is 51.4 Å². The number of esters is 1. The summed E-state index contributed by atoms with van der Waals surface area (Å²) in [5.41, 5.74) is 0. The fourth-order valence-corrected chi connectivity index (χ4v) is 1.37.